The van der Waals surface area contributed by atoms with Crippen LogP contribution in [0.2, 0.25) is 0 Å². The fourth-order valence-corrected chi connectivity index (χ4v) is 3.63. The maximum absolute atomic E-state index is 11.4. The fraction of sp³-hybridized carbons (Fsp3) is 0.571. The minimum atomic E-state index is -3.63. The zero-order chi connectivity index (χ0) is 14.3. The third kappa shape index (κ3) is 2.97. The number of sulfonamides is 1. The van der Waals surface area contributed by atoms with E-state index in [9.17, 15) is 8.42 Å². The van der Waals surface area contributed by atoms with Crippen LogP contribution in [0.15, 0.2) is 29.2 Å². The van der Waals surface area contributed by atoms with E-state index in [0.29, 0.717) is 12.1 Å². The molecule has 20 heavy (non-hydrogen) atoms. The first-order chi connectivity index (χ1) is 9.43. The molecule has 1 aliphatic heterocycles. The number of rotatable bonds is 4. The van der Waals surface area contributed by atoms with Crippen LogP contribution in [-0.4, -0.2) is 38.0 Å². The van der Waals surface area contributed by atoms with Gasteiger partial charge in [-0.25, -0.2) is 13.6 Å². The first kappa shape index (κ1) is 13.9. The number of primary sulfonamides is 1. The number of hydrogen-bond acceptors (Lipinski definition) is 4. The van der Waals surface area contributed by atoms with E-state index in [0.717, 1.165) is 24.7 Å². The molecule has 0 amide bonds. The Balaban J connectivity index is 1.69. The van der Waals surface area contributed by atoms with Crippen LogP contribution in [-0.2, 0) is 10.0 Å². The van der Waals surface area contributed by atoms with Crippen molar-refractivity contribution < 1.29 is 8.42 Å². The quantitative estimate of drug-likeness (QED) is 0.880. The summed E-state index contributed by atoms with van der Waals surface area (Å²) in [7, 11) is -3.63. The molecule has 1 aromatic rings. The molecule has 0 aromatic heterocycles. The molecule has 1 aliphatic carbocycles. The second-order valence-corrected chi connectivity index (χ2v) is 7.49. The molecule has 0 bridgehead atoms. The number of likely N-dealkylation sites (tertiary alicyclic amines) is 1. The van der Waals surface area contributed by atoms with Gasteiger partial charge in [0.15, 0.2) is 0 Å². The van der Waals surface area contributed by atoms with E-state index < -0.39 is 10.0 Å². The molecule has 110 valence electrons. The molecule has 3 rings (SSSR count). The highest BCUT2D eigenvalue weighted by atomic mass is 32.2. The molecule has 6 heteroatoms. The van der Waals surface area contributed by atoms with Crippen LogP contribution in [0.4, 0.5) is 5.69 Å². The monoisotopic (exact) mass is 295 g/mol. The van der Waals surface area contributed by atoms with Crippen molar-refractivity contribution in [3.8, 4) is 0 Å². The Labute approximate surface area is 120 Å². The minimum absolute atomic E-state index is 0.160. The van der Waals surface area contributed by atoms with Gasteiger partial charge in [0.2, 0.25) is 10.0 Å². The lowest BCUT2D eigenvalue weighted by atomic mass is 10.2. The molecule has 2 fully saturated rings. The first-order valence-corrected chi connectivity index (χ1v) is 8.63. The molecule has 1 aromatic carbocycles. The van der Waals surface area contributed by atoms with Crippen molar-refractivity contribution in [2.75, 3.05) is 11.9 Å². The Morgan fingerprint density at radius 2 is 2.10 bits per heavy atom. The molecule has 1 saturated heterocycles. The van der Waals surface area contributed by atoms with Crippen LogP contribution in [0.1, 0.15) is 26.2 Å². The third-order valence-corrected chi connectivity index (χ3v) is 5.08. The summed E-state index contributed by atoms with van der Waals surface area (Å²) in [5.74, 6) is 0. The topological polar surface area (TPSA) is 75.4 Å². The van der Waals surface area contributed by atoms with Crippen molar-refractivity contribution in [2.45, 2.75) is 49.2 Å². The van der Waals surface area contributed by atoms with Crippen molar-refractivity contribution in [3.05, 3.63) is 24.3 Å². The van der Waals surface area contributed by atoms with Gasteiger partial charge >= 0.3 is 0 Å². The lowest BCUT2D eigenvalue weighted by molar-refractivity contribution is 0.257. The zero-order valence-electron chi connectivity index (χ0n) is 11.6. The van der Waals surface area contributed by atoms with E-state index in [1.165, 1.54) is 18.9 Å². The molecular weight excluding hydrogens is 274 g/mol. The van der Waals surface area contributed by atoms with E-state index in [4.69, 9.17) is 5.14 Å². The van der Waals surface area contributed by atoms with Crippen molar-refractivity contribution >= 4 is 15.7 Å². The Hall–Kier alpha value is -1.11. The average Bonchev–Trinajstić information content (AvgIpc) is 3.14. The van der Waals surface area contributed by atoms with E-state index in [-0.39, 0.29) is 4.90 Å². The highest BCUT2D eigenvalue weighted by Crippen LogP contribution is 2.34. The van der Waals surface area contributed by atoms with Gasteiger partial charge in [-0.15, -0.1) is 0 Å². The van der Waals surface area contributed by atoms with Crippen molar-refractivity contribution in [3.63, 3.8) is 0 Å². The van der Waals surface area contributed by atoms with Crippen LogP contribution < -0.4 is 10.5 Å². The van der Waals surface area contributed by atoms with Gasteiger partial charge in [0.1, 0.15) is 0 Å². The maximum atomic E-state index is 11.4. The van der Waals surface area contributed by atoms with Gasteiger partial charge in [0.25, 0.3) is 0 Å². The summed E-state index contributed by atoms with van der Waals surface area (Å²) in [6.45, 7) is 3.30. The van der Waals surface area contributed by atoms with Crippen LogP contribution in [0.3, 0.4) is 0 Å². The Morgan fingerprint density at radius 1 is 1.35 bits per heavy atom. The summed E-state index contributed by atoms with van der Waals surface area (Å²) in [6.07, 6.45) is 3.73. The summed E-state index contributed by atoms with van der Waals surface area (Å²) in [5, 5.41) is 8.60. The lowest BCUT2D eigenvalue weighted by Gasteiger charge is -2.20. The maximum Gasteiger partial charge on any atom is 0.238 e. The highest BCUT2D eigenvalue weighted by Gasteiger charge is 2.38. The number of hydrogen-bond donors (Lipinski definition) is 2. The second-order valence-electron chi connectivity index (χ2n) is 5.93. The predicted octanol–water partition coefficient (Wildman–Crippen LogP) is 1.37. The third-order valence-electron chi connectivity index (χ3n) is 4.17. The number of nitrogens with zero attached hydrogens (tertiary/aromatic N) is 1. The Kier molecular flexibility index (Phi) is 3.48. The molecule has 2 aliphatic rings. The molecule has 0 radical (unpaired) electrons. The van der Waals surface area contributed by atoms with Gasteiger partial charge in [0, 0.05) is 30.4 Å². The number of benzene rings is 1. The molecular formula is C14H21N3O2S. The lowest BCUT2D eigenvalue weighted by Crippen LogP contribution is -2.31. The first-order valence-electron chi connectivity index (χ1n) is 7.08. The van der Waals surface area contributed by atoms with E-state index in [2.05, 4.69) is 17.1 Å². The van der Waals surface area contributed by atoms with Crippen LogP contribution in [0, 0.1) is 0 Å². The largest absolute Gasteiger partial charge is 0.381 e. The van der Waals surface area contributed by atoms with Gasteiger partial charge in [-0.05, 0) is 44.4 Å². The average molecular weight is 295 g/mol. The van der Waals surface area contributed by atoms with Gasteiger partial charge in [-0.1, -0.05) is 6.07 Å². The molecule has 0 spiro atoms. The highest BCUT2D eigenvalue weighted by molar-refractivity contribution is 7.89. The summed E-state index contributed by atoms with van der Waals surface area (Å²) in [6, 6.07) is 8.49. The van der Waals surface area contributed by atoms with Crippen LogP contribution in [0.25, 0.3) is 0 Å². The van der Waals surface area contributed by atoms with Gasteiger partial charge in [0.05, 0.1) is 4.90 Å². The zero-order valence-corrected chi connectivity index (χ0v) is 12.4. The smallest absolute Gasteiger partial charge is 0.238 e. The molecule has 1 saturated carbocycles. The molecule has 3 N–H and O–H groups in total. The molecule has 2 atom stereocenters. The number of nitrogens with two attached hydrogens (primary N) is 1. The SMILES string of the molecule is CC1CC(Nc2cccc(S(N)(=O)=O)c2)CN1C1CC1. The Morgan fingerprint density at radius 3 is 2.75 bits per heavy atom. The summed E-state index contributed by atoms with van der Waals surface area (Å²) >= 11 is 0. The summed E-state index contributed by atoms with van der Waals surface area (Å²) in [5.41, 5.74) is 0.825. The van der Waals surface area contributed by atoms with Crippen molar-refractivity contribution in [2.24, 2.45) is 5.14 Å². The molecule has 5 nitrogen and oxygen atoms in total. The van der Waals surface area contributed by atoms with E-state index >= 15 is 0 Å². The second kappa shape index (κ2) is 5.02. The van der Waals surface area contributed by atoms with E-state index in [1.807, 2.05) is 6.07 Å². The van der Waals surface area contributed by atoms with Crippen LogP contribution in [0.5, 0.6) is 0 Å². The predicted molar refractivity (Wildman–Crippen MR) is 79.0 cm³/mol. The van der Waals surface area contributed by atoms with Gasteiger partial charge < -0.3 is 5.32 Å². The Bertz CT molecular complexity index is 598. The summed E-state index contributed by atoms with van der Waals surface area (Å²) in [4.78, 5) is 2.72. The van der Waals surface area contributed by atoms with E-state index in [1.54, 1.807) is 12.1 Å². The van der Waals surface area contributed by atoms with Crippen molar-refractivity contribution in [1.82, 2.24) is 4.90 Å². The standard InChI is InChI=1S/C14H21N3O2S/c1-10-7-12(9-17(10)13-5-6-13)16-11-3-2-4-14(8-11)20(15,18)19/h2-4,8,10,12-13,16H,5-7,9H2,1H3,(H2,15,18,19). The summed E-state index contributed by atoms with van der Waals surface area (Å²) < 4.78 is 22.7. The molecule has 1 heterocycles. The fourth-order valence-electron chi connectivity index (χ4n) is 3.07. The molecule has 2 unspecified atom stereocenters. The van der Waals surface area contributed by atoms with Crippen LogP contribution >= 0.6 is 0 Å². The van der Waals surface area contributed by atoms with Gasteiger partial charge in [-0.3, -0.25) is 4.90 Å². The number of anilines is 1. The number of nitrogens with one attached hydrogen (secondary N) is 1. The van der Waals surface area contributed by atoms with Crippen molar-refractivity contribution in [1.29, 1.82) is 0 Å². The minimum Gasteiger partial charge on any atom is -0.381 e. The normalized spacial score (nSPS) is 27.7. The van der Waals surface area contributed by atoms with Gasteiger partial charge in [-0.2, -0.15) is 0 Å².